The molecule has 1 atom stereocenters. The average molecular weight is 273 g/mol. The summed E-state index contributed by atoms with van der Waals surface area (Å²) in [5.74, 6) is 0.722. The van der Waals surface area contributed by atoms with Gasteiger partial charge in [-0.15, -0.1) is 0 Å². The van der Waals surface area contributed by atoms with Gasteiger partial charge in [-0.2, -0.15) is 0 Å². The van der Waals surface area contributed by atoms with Gasteiger partial charge in [0.15, 0.2) is 0 Å². The van der Waals surface area contributed by atoms with Crippen molar-refractivity contribution in [3.05, 3.63) is 47.6 Å². The molecule has 0 bridgehead atoms. The van der Waals surface area contributed by atoms with Crippen molar-refractivity contribution in [2.45, 2.75) is 19.3 Å². The molecule has 0 aliphatic heterocycles. The molecule has 1 unspecified atom stereocenters. The normalized spacial score (nSPS) is 18.7. The summed E-state index contributed by atoms with van der Waals surface area (Å²) in [6, 6.07) is 7.90. The summed E-state index contributed by atoms with van der Waals surface area (Å²) in [7, 11) is 0. The average Bonchev–Trinajstić information content (AvgIpc) is 2.48. The molecule has 0 radical (unpaired) electrons. The van der Waals surface area contributed by atoms with Crippen LogP contribution in [0, 0.1) is 5.92 Å². The molecule has 3 heteroatoms. The zero-order valence-corrected chi connectivity index (χ0v) is 11.5. The van der Waals surface area contributed by atoms with E-state index in [4.69, 9.17) is 11.6 Å². The summed E-state index contributed by atoms with van der Waals surface area (Å²) in [5.41, 5.74) is 2.04. The van der Waals surface area contributed by atoms with Crippen LogP contribution >= 0.6 is 11.6 Å². The maximum absolute atomic E-state index is 6.20. The summed E-state index contributed by atoms with van der Waals surface area (Å²) in [5, 5.41) is 5.30. The Balaban J connectivity index is 1.81. The van der Waals surface area contributed by atoms with E-state index in [9.17, 15) is 0 Å². The fraction of sp³-hybridized carbons (Fsp3) is 0.312. The molecule has 1 heterocycles. The topological polar surface area (TPSA) is 24.9 Å². The molecule has 0 spiro atoms. The summed E-state index contributed by atoms with van der Waals surface area (Å²) >= 11 is 6.20. The van der Waals surface area contributed by atoms with Crippen LogP contribution in [0.15, 0.2) is 42.6 Å². The number of fused-ring (bicyclic) bond motifs is 1. The van der Waals surface area contributed by atoms with Crippen LogP contribution in [0.1, 0.15) is 19.3 Å². The number of benzene rings is 1. The maximum Gasteiger partial charge on any atom is 0.0948 e. The van der Waals surface area contributed by atoms with Crippen molar-refractivity contribution in [3.8, 4) is 0 Å². The summed E-state index contributed by atoms with van der Waals surface area (Å²) < 4.78 is 0. The van der Waals surface area contributed by atoms with Crippen molar-refractivity contribution in [1.82, 2.24) is 4.98 Å². The Morgan fingerprint density at radius 2 is 2.21 bits per heavy atom. The van der Waals surface area contributed by atoms with Gasteiger partial charge in [-0.3, -0.25) is 4.98 Å². The third-order valence-electron chi connectivity index (χ3n) is 3.68. The molecule has 1 aliphatic rings. The minimum absolute atomic E-state index is 0.722. The molecule has 1 aliphatic carbocycles. The quantitative estimate of drug-likeness (QED) is 0.822. The van der Waals surface area contributed by atoms with E-state index in [2.05, 4.69) is 22.5 Å². The molecule has 0 amide bonds. The standard InChI is InChI=1S/C16H17ClN2/c17-14-8-9-15(16-13(14)7-4-10-18-16)19-11-12-5-2-1-3-6-12/h1-2,4,7-10,12,19H,3,5-6,11H2. The minimum Gasteiger partial charge on any atom is -0.383 e. The zero-order chi connectivity index (χ0) is 13.1. The molecule has 2 aromatic rings. The van der Waals surface area contributed by atoms with Crippen LogP contribution in [-0.4, -0.2) is 11.5 Å². The summed E-state index contributed by atoms with van der Waals surface area (Å²) in [6.45, 7) is 0.998. The van der Waals surface area contributed by atoms with Crippen LogP contribution in [0.2, 0.25) is 5.02 Å². The number of aromatic nitrogens is 1. The lowest BCUT2D eigenvalue weighted by molar-refractivity contribution is 0.504. The Bertz CT molecular complexity index is 607. The van der Waals surface area contributed by atoms with Gasteiger partial charge in [0.1, 0.15) is 0 Å². The summed E-state index contributed by atoms with van der Waals surface area (Å²) in [6.07, 6.45) is 10.0. The van der Waals surface area contributed by atoms with E-state index in [1.807, 2.05) is 30.5 Å². The van der Waals surface area contributed by atoms with Gasteiger partial charge < -0.3 is 5.32 Å². The Morgan fingerprint density at radius 3 is 3.05 bits per heavy atom. The van der Waals surface area contributed by atoms with Crippen LogP contribution in [0.25, 0.3) is 10.9 Å². The summed E-state index contributed by atoms with van der Waals surface area (Å²) in [4.78, 5) is 4.44. The highest BCUT2D eigenvalue weighted by Gasteiger charge is 2.11. The second-order valence-corrected chi connectivity index (χ2v) is 5.43. The Morgan fingerprint density at radius 1 is 1.26 bits per heavy atom. The van der Waals surface area contributed by atoms with Gasteiger partial charge in [0.2, 0.25) is 0 Å². The zero-order valence-electron chi connectivity index (χ0n) is 10.8. The lowest BCUT2D eigenvalue weighted by Crippen LogP contribution is -2.15. The van der Waals surface area contributed by atoms with Gasteiger partial charge in [-0.25, -0.2) is 0 Å². The van der Waals surface area contributed by atoms with Crippen LogP contribution in [0.4, 0.5) is 5.69 Å². The van der Waals surface area contributed by atoms with E-state index in [-0.39, 0.29) is 0 Å². The van der Waals surface area contributed by atoms with Crippen molar-refractivity contribution >= 4 is 28.2 Å². The van der Waals surface area contributed by atoms with Crippen molar-refractivity contribution < 1.29 is 0 Å². The molecule has 98 valence electrons. The molecular formula is C16H17ClN2. The second-order valence-electron chi connectivity index (χ2n) is 5.03. The van der Waals surface area contributed by atoms with Gasteiger partial charge in [-0.1, -0.05) is 23.8 Å². The van der Waals surface area contributed by atoms with Gasteiger partial charge in [-0.05, 0) is 49.4 Å². The highest BCUT2D eigenvalue weighted by atomic mass is 35.5. The lowest BCUT2D eigenvalue weighted by Gasteiger charge is -2.19. The van der Waals surface area contributed by atoms with Crippen molar-refractivity contribution in [1.29, 1.82) is 0 Å². The van der Waals surface area contributed by atoms with Crippen molar-refractivity contribution in [3.63, 3.8) is 0 Å². The van der Waals surface area contributed by atoms with E-state index in [1.165, 1.54) is 19.3 Å². The number of pyridine rings is 1. The van der Waals surface area contributed by atoms with Gasteiger partial charge in [0, 0.05) is 18.1 Å². The number of halogens is 1. The van der Waals surface area contributed by atoms with E-state index < -0.39 is 0 Å². The third-order valence-corrected chi connectivity index (χ3v) is 4.00. The van der Waals surface area contributed by atoms with E-state index in [0.29, 0.717) is 0 Å². The number of hydrogen-bond acceptors (Lipinski definition) is 2. The van der Waals surface area contributed by atoms with Gasteiger partial charge in [0.05, 0.1) is 16.2 Å². The first-order valence-corrected chi connectivity index (χ1v) is 7.14. The van der Waals surface area contributed by atoms with E-state index >= 15 is 0 Å². The first-order chi connectivity index (χ1) is 9.34. The van der Waals surface area contributed by atoms with Crippen molar-refractivity contribution in [2.75, 3.05) is 11.9 Å². The lowest BCUT2D eigenvalue weighted by atomic mass is 9.94. The molecule has 19 heavy (non-hydrogen) atoms. The molecule has 3 rings (SSSR count). The predicted octanol–water partition coefficient (Wildman–Crippen LogP) is 4.66. The van der Waals surface area contributed by atoms with Crippen LogP contribution in [0.5, 0.6) is 0 Å². The highest BCUT2D eigenvalue weighted by molar-refractivity contribution is 6.35. The van der Waals surface area contributed by atoms with Crippen LogP contribution < -0.4 is 5.32 Å². The fourth-order valence-electron chi connectivity index (χ4n) is 2.58. The highest BCUT2D eigenvalue weighted by Crippen LogP contribution is 2.28. The van der Waals surface area contributed by atoms with Crippen molar-refractivity contribution in [2.24, 2.45) is 5.92 Å². The number of nitrogens with zero attached hydrogens (tertiary/aromatic N) is 1. The molecule has 0 saturated heterocycles. The van der Waals surface area contributed by atoms with Crippen LogP contribution in [-0.2, 0) is 0 Å². The number of allylic oxidation sites excluding steroid dienone is 2. The first-order valence-electron chi connectivity index (χ1n) is 6.76. The van der Waals surface area contributed by atoms with E-state index in [1.54, 1.807) is 0 Å². The smallest absolute Gasteiger partial charge is 0.0948 e. The Labute approximate surface area is 118 Å². The molecule has 0 fully saturated rings. The SMILES string of the molecule is Clc1ccc(NCC2CC=CCC2)c2ncccc12. The first kappa shape index (κ1) is 12.5. The largest absolute Gasteiger partial charge is 0.383 e. The predicted molar refractivity (Wildman–Crippen MR) is 81.7 cm³/mol. The number of anilines is 1. The van der Waals surface area contributed by atoms with E-state index in [0.717, 1.165) is 34.1 Å². The monoisotopic (exact) mass is 272 g/mol. The molecule has 0 saturated carbocycles. The Kier molecular flexibility index (Phi) is 3.69. The second kappa shape index (κ2) is 5.62. The fourth-order valence-corrected chi connectivity index (χ4v) is 2.79. The molecule has 1 aromatic heterocycles. The third kappa shape index (κ3) is 2.74. The number of hydrogen-bond donors (Lipinski definition) is 1. The molecule has 2 nitrogen and oxygen atoms in total. The molecule has 1 aromatic carbocycles. The number of nitrogens with one attached hydrogen (secondary N) is 1. The van der Waals surface area contributed by atoms with Crippen LogP contribution in [0.3, 0.4) is 0 Å². The molecule has 1 N–H and O–H groups in total. The maximum atomic E-state index is 6.20. The Hall–Kier alpha value is -1.54. The minimum atomic E-state index is 0.722. The number of rotatable bonds is 3. The van der Waals surface area contributed by atoms with Gasteiger partial charge >= 0.3 is 0 Å². The molecular weight excluding hydrogens is 256 g/mol. The van der Waals surface area contributed by atoms with Gasteiger partial charge in [0.25, 0.3) is 0 Å².